The minimum absolute atomic E-state index is 0.510. The molecular weight excluding hydrogens is 372 g/mol. The average molecular weight is 397 g/mol. The number of rotatable bonds is 6. The normalized spacial score (nSPS) is 11.5. The zero-order valence-electron chi connectivity index (χ0n) is 16.4. The van der Waals surface area contributed by atoms with E-state index in [-0.39, 0.29) is 0 Å². The SMILES string of the molecule is CN=C(NCCc1ccc(Cl)nc1)NCc1c(C)nn(-c2ccccc2)c1C. The van der Waals surface area contributed by atoms with Crippen LogP contribution >= 0.6 is 11.6 Å². The summed E-state index contributed by atoms with van der Waals surface area (Å²) in [4.78, 5) is 8.41. The van der Waals surface area contributed by atoms with Crippen molar-refractivity contribution in [1.29, 1.82) is 0 Å². The van der Waals surface area contributed by atoms with Crippen LogP contribution < -0.4 is 10.6 Å². The Kier molecular flexibility index (Phi) is 6.66. The molecule has 3 rings (SSSR count). The molecule has 0 aliphatic heterocycles. The minimum Gasteiger partial charge on any atom is -0.356 e. The van der Waals surface area contributed by atoms with Crippen molar-refractivity contribution in [3.63, 3.8) is 0 Å². The summed E-state index contributed by atoms with van der Waals surface area (Å²) in [5.74, 6) is 0.758. The number of aliphatic imine (C=N–C) groups is 1. The largest absolute Gasteiger partial charge is 0.356 e. The van der Waals surface area contributed by atoms with Crippen molar-refractivity contribution >= 4 is 17.6 Å². The maximum absolute atomic E-state index is 5.82. The smallest absolute Gasteiger partial charge is 0.191 e. The first kappa shape index (κ1) is 19.9. The first-order chi connectivity index (χ1) is 13.6. The van der Waals surface area contributed by atoms with Crippen molar-refractivity contribution in [1.82, 2.24) is 25.4 Å². The Morgan fingerprint density at radius 1 is 1.11 bits per heavy atom. The number of hydrogen-bond acceptors (Lipinski definition) is 3. The van der Waals surface area contributed by atoms with Gasteiger partial charge in [-0.2, -0.15) is 5.10 Å². The van der Waals surface area contributed by atoms with E-state index in [2.05, 4.69) is 39.7 Å². The molecule has 0 amide bonds. The van der Waals surface area contributed by atoms with Crippen molar-refractivity contribution in [3.05, 3.63) is 76.3 Å². The van der Waals surface area contributed by atoms with Gasteiger partial charge in [-0.25, -0.2) is 9.67 Å². The molecule has 0 fully saturated rings. The monoisotopic (exact) mass is 396 g/mol. The second-order valence-corrected chi connectivity index (χ2v) is 6.88. The fourth-order valence-corrected chi connectivity index (χ4v) is 3.14. The summed E-state index contributed by atoms with van der Waals surface area (Å²) in [6, 6.07) is 14.0. The number of nitrogens with one attached hydrogen (secondary N) is 2. The number of guanidine groups is 1. The predicted octanol–water partition coefficient (Wildman–Crippen LogP) is 3.45. The number of aromatic nitrogens is 3. The Bertz CT molecular complexity index is 932. The summed E-state index contributed by atoms with van der Waals surface area (Å²) in [5.41, 5.74) is 5.50. The van der Waals surface area contributed by atoms with E-state index in [0.29, 0.717) is 11.7 Å². The van der Waals surface area contributed by atoms with Gasteiger partial charge in [0, 0.05) is 37.6 Å². The molecule has 0 aliphatic rings. The lowest BCUT2D eigenvalue weighted by molar-refractivity contribution is 0.787. The molecule has 2 N–H and O–H groups in total. The number of benzene rings is 1. The molecule has 7 heteroatoms. The van der Waals surface area contributed by atoms with Gasteiger partial charge in [-0.15, -0.1) is 0 Å². The molecule has 1 aromatic carbocycles. The molecule has 0 bridgehead atoms. The van der Waals surface area contributed by atoms with Crippen LogP contribution in [-0.4, -0.2) is 34.3 Å². The van der Waals surface area contributed by atoms with Gasteiger partial charge in [-0.05, 0) is 44.0 Å². The summed E-state index contributed by atoms with van der Waals surface area (Å²) in [6.45, 7) is 5.54. The highest BCUT2D eigenvalue weighted by atomic mass is 35.5. The Hall–Kier alpha value is -2.86. The lowest BCUT2D eigenvalue weighted by atomic mass is 10.2. The zero-order valence-corrected chi connectivity index (χ0v) is 17.2. The Balaban J connectivity index is 1.58. The highest BCUT2D eigenvalue weighted by molar-refractivity contribution is 6.29. The standard InChI is InChI=1S/C21H25ClN6/c1-15-19(16(2)28(27-15)18-7-5-4-6-8-18)14-26-21(23-3)24-12-11-17-9-10-20(22)25-13-17/h4-10,13H,11-12,14H2,1-3H3,(H2,23,24,26). The first-order valence-corrected chi connectivity index (χ1v) is 9.61. The molecule has 28 heavy (non-hydrogen) atoms. The third-order valence-electron chi connectivity index (χ3n) is 4.59. The fraction of sp³-hybridized carbons (Fsp3) is 0.286. The molecule has 0 spiro atoms. The van der Waals surface area contributed by atoms with Gasteiger partial charge in [0.2, 0.25) is 0 Å². The molecule has 0 radical (unpaired) electrons. The maximum atomic E-state index is 5.82. The van der Waals surface area contributed by atoms with E-state index in [1.807, 2.05) is 35.9 Å². The lowest BCUT2D eigenvalue weighted by Crippen LogP contribution is -2.38. The maximum Gasteiger partial charge on any atom is 0.191 e. The van der Waals surface area contributed by atoms with E-state index in [1.54, 1.807) is 19.3 Å². The minimum atomic E-state index is 0.510. The highest BCUT2D eigenvalue weighted by Gasteiger charge is 2.13. The summed E-state index contributed by atoms with van der Waals surface area (Å²) in [6.07, 6.45) is 2.64. The highest BCUT2D eigenvalue weighted by Crippen LogP contribution is 2.17. The van der Waals surface area contributed by atoms with Crippen molar-refractivity contribution < 1.29 is 0 Å². The molecule has 0 unspecified atom stereocenters. The Labute approximate surface area is 170 Å². The predicted molar refractivity (Wildman–Crippen MR) is 114 cm³/mol. The second kappa shape index (κ2) is 9.37. The van der Waals surface area contributed by atoms with Gasteiger partial charge in [0.15, 0.2) is 5.96 Å². The van der Waals surface area contributed by atoms with Crippen LogP contribution in [0, 0.1) is 13.8 Å². The molecule has 146 valence electrons. The molecule has 0 aliphatic carbocycles. The van der Waals surface area contributed by atoms with Gasteiger partial charge in [0.25, 0.3) is 0 Å². The molecule has 0 atom stereocenters. The molecule has 0 saturated carbocycles. The van der Waals surface area contributed by atoms with E-state index in [4.69, 9.17) is 16.7 Å². The fourth-order valence-electron chi connectivity index (χ4n) is 3.02. The molecule has 0 saturated heterocycles. The van der Waals surface area contributed by atoms with Crippen LogP contribution in [0.25, 0.3) is 5.69 Å². The van der Waals surface area contributed by atoms with Crippen molar-refractivity contribution in [3.8, 4) is 5.69 Å². The van der Waals surface area contributed by atoms with Gasteiger partial charge < -0.3 is 10.6 Å². The van der Waals surface area contributed by atoms with Crippen LogP contribution in [-0.2, 0) is 13.0 Å². The topological polar surface area (TPSA) is 67.1 Å². The number of halogens is 1. The third kappa shape index (κ3) is 4.89. The molecule has 3 aromatic rings. The van der Waals surface area contributed by atoms with Crippen LogP contribution in [0.3, 0.4) is 0 Å². The van der Waals surface area contributed by atoms with Crippen LogP contribution in [0.15, 0.2) is 53.7 Å². The van der Waals surface area contributed by atoms with E-state index in [1.165, 1.54) is 5.56 Å². The molecule has 2 aromatic heterocycles. The number of nitrogens with zero attached hydrogens (tertiary/aromatic N) is 4. The van der Waals surface area contributed by atoms with E-state index in [9.17, 15) is 0 Å². The quantitative estimate of drug-likeness (QED) is 0.380. The number of aryl methyl sites for hydroxylation is 1. The van der Waals surface area contributed by atoms with Gasteiger partial charge in [-0.3, -0.25) is 4.99 Å². The summed E-state index contributed by atoms with van der Waals surface area (Å²) < 4.78 is 1.98. The second-order valence-electron chi connectivity index (χ2n) is 6.49. The Morgan fingerprint density at radius 2 is 1.89 bits per heavy atom. The van der Waals surface area contributed by atoms with Crippen molar-refractivity contribution in [2.24, 2.45) is 4.99 Å². The number of para-hydroxylation sites is 1. The van der Waals surface area contributed by atoms with E-state index in [0.717, 1.165) is 41.6 Å². The summed E-state index contributed by atoms with van der Waals surface area (Å²) in [5, 5.41) is 11.9. The average Bonchev–Trinajstić information content (AvgIpc) is 3.00. The molecule has 6 nitrogen and oxygen atoms in total. The van der Waals surface area contributed by atoms with Crippen LogP contribution in [0.4, 0.5) is 0 Å². The molecule has 2 heterocycles. The van der Waals surface area contributed by atoms with Crippen LogP contribution in [0.2, 0.25) is 5.15 Å². The van der Waals surface area contributed by atoms with E-state index >= 15 is 0 Å². The van der Waals surface area contributed by atoms with E-state index < -0.39 is 0 Å². The Morgan fingerprint density at radius 3 is 2.57 bits per heavy atom. The van der Waals surface area contributed by atoms with Gasteiger partial charge in [0.1, 0.15) is 5.15 Å². The van der Waals surface area contributed by atoms with Crippen LogP contribution in [0.1, 0.15) is 22.5 Å². The van der Waals surface area contributed by atoms with Crippen LogP contribution in [0.5, 0.6) is 0 Å². The summed E-state index contributed by atoms with van der Waals surface area (Å²) >= 11 is 5.82. The van der Waals surface area contributed by atoms with Crippen molar-refractivity contribution in [2.75, 3.05) is 13.6 Å². The number of pyridine rings is 1. The zero-order chi connectivity index (χ0) is 19.9. The van der Waals surface area contributed by atoms with Gasteiger partial charge >= 0.3 is 0 Å². The van der Waals surface area contributed by atoms with Gasteiger partial charge in [0.05, 0.1) is 11.4 Å². The number of hydrogen-bond donors (Lipinski definition) is 2. The lowest BCUT2D eigenvalue weighted by Gasteiger charge is -2.12. The van der Waals surface area contributed by atoms with Gasteiger partial charge in [-0.1, -0.05) is 35.9 Å². The van der Waals surface area contributed by atoms with Crippen molar-refractivity contribution in [2.45, 2.75) is 26.8 Å². The third-order valence-corrected chi connectivity index (χ3v) is 4.82. The first-order valence-electron chi connectivity index (χ1n) is 9.24. The summed E-state index contributed by atoms with van der Waals surface area (Å²) in [7, 11) is 1.77. The molecular formula is C21H25ClN6.